The van der Waals surface area contributed by atoms with Gasteiger partial charge in [0.15, 0.2) is 0 Å². The van der Waals surface area contributed by atoms with E-state index in [1.165, 1.54) is 12.1 Å². The molecule has 0 N–H and O–H groups in total. The number of carbonyl (C=O) groups excluding carboxylic acids is 2. The Morgan fingerprint density at radius 2 is 1.58 bits per heavy atom. The van der Waals surface area contributed by atoms with E-state index in [0.29, 0.717) is 10.6 Å². The van der Waals surface area contributed by atoms with Crippen LogP contribution in [0.15, 0.2) is 91.1 Å². The first kappa shape index (κ1) is 23.8. The van der Waals surface area contributed by atoms with Gasteiger partial charge < -0.3 is 9.47 Å². The van der Waals surface area contributed by atoms with E-state index in [9.17, 15) is 14.0 Å². The second-order valence-corrected chi connectivity index (χ2v) is 9.48. The smallest absolute Gasteiger partial charge is 0.254 e. The highest BCUT2D eigenvalue weighted by Gasteiger charge is 2.37. The number of hydrogen-bond donors (Lipinski definition) is 0. The van der Waals surface area contributed by atoms with Crippen molar-refractivity contribution in [1.82, 2.24) is 9.47 Å². The van der Waals surface area contributed by atoms with Crippen LogP contribution in [0.25, 0.3) is 5.69 Å². The lowest BCUT2D eigenvalue weighted by molar-refractivity contribution is -0.120. The summed E-state index contributed by atoms with van der Waals surface area (Å²) in [7, 11) is 0. The number of benzene rings is 3. The van der Waals surface area contributed by atoms with Gasteiger partial charge >= 0.3 is 0 Å². The van der Waals surface area contributed by atoms with Crippen molar-refractivity contribution >= 4 is 29.1 Å². The largest absolute Gasteiger partial charge is 0.327 e. The van der Waals surface area contributed by atoms with Gasteiger partial charge in [-0.25, -0.2) is 4.39 Å². The fraction of sp³-hybridized carbons (Fsp3) is 0.172. The van der Waals surface area contributed by atoms with Crippen LogP contribution >= 0.6 is 11.6 Å². The minimum atomic E-state index is -0.484. The minimum Gasteiger partial charge on any atom is -0.327 e. The van der Waals surface area contributed by atoms with Crippen LogP contribution in [0.1, 0.15) is 41.5 Å². The molecule has 2 amide bonds. The molecule has 1 aromatic heterocycles. The first-order chi connectivity index (χ1) is 17.3. The summed E-state index contributed by atoms with van der Waals surface area (Å²) in [5, 5.41) is 0.536. The summed E-state index contributed by atoms with van der Waals surface area (Å²) < 4.78 is 15.8. The number of hydrogen-bond acceptors (Lipinski definition) is 2. The molecule has 0 saturated carbocycles. The first-order valence-corrected chi connectivity index (χ1v) is 12.1. The molecule has 5 rings (SSSR count). The minimum absolute atomic E-state index is 0.119. The molecule has 1 unspecified atom stereocenters. The van der Waals surface area contributed by atoms with E-state index in [2.05, 4.69) is 0 Å². The van der Waals surface area contributed by atoms with E-state index in [0.717, 1.165) is 22.6 Å². The number of anilines is 1. The summed E-state index contributed by atoms with van der Waals surface area (Å²) in [5.74, 6) is -0.829. The number of para-hydroxylation sites is 2. The van der Waals surface area contributed by atoms with Gasteiger partial charge in [-0.05, 0) is 80.1 Å². The lowest BCUT2D eigenvalue weighted by atomic mass is 9.97. The molecular formula is C29H25ClFN3O2. The van der Waals surface area contributed by atoms with Crippen LogP contribution in [-0.4, -0.2) is 33.9 Å². The predicted octanol–water partition coefficient (Wildman–Crippen LogP) is 6.26. The maximum Gasteiger partial charge on any atom is 0.254 e. The maximum atomic E-state index is 14.1. The van der Waals surface area contributed by atoms with Gasteiger partial charge in [-0.3, -0.25) is 14.5 Å². The lowest BCUT2D eigenvalue weighted by Crippen LogP contribution is -2.48. The van der Waals surface area contributed by atoms with E-state index in [-0.39, 0.29) is 30.2 Å². The van der Waals surface area contributed by atoms with E-state index >= 15 is 0 Å². The fourth-order valence-corrected chi connectivity index (χ4v) is 4.82. The number of nitrogens with zero attached hydrogens (tertiary/aromatic N) is 3. The number of amides is 2. The van der Waals surface area contributed by atoms with Crippen molar-refractivity contribution in [3.8, 4) is 5.69 Å². The number of aromatic nitrogens is 1. The molecule has 3 aromatic carbocycles. The maximum absolute atomic E-state index is 14.1. The fourth-order valence-electron chi connectivity index (χ4n) is 4.69. The summed E-state index contributed by atoms with van der Waals surface area (Å²) in [6, 6.07) is 23.7. The molecule has 36 heavy (non-hydrogen) atoms. The normalized spacial score (nSPS) is 14.4. The Balaban J connectivity index is 1.56. The van der Waals surface area contributed by atoms with E-state index in [4.69, 9.17) is 11.6 Å². The van der Waals surface area contributed by atoms with Crippen LogP contribution < -0.4 is 4.90 Å². The Morgan fingerprint density at radius 3 is 2.25 bits per heavy atom. The number of carbonyl (C=O) groups is 2. The van der Waals surface area contributed by atoms with Gasteiger partial charge in [-0.1, -0.05) is 35.9 Å². The van der Waals surface area contributed by atoms with Gasteiger partial charge in [0.1, 0.15) is 18.4 Å². The SMILES string of the molecule is CC(C)N(CC(=O)N1c2ccccc2-n2cccc2C1c1ccc(F)cc1)C(=O)c1ccc(Cl)cc1. The molecule has 0 aliphatic carbocycles. The van der Waals surface area contributed by atoms with Crippen LogP contribution in [0, 0.1) is 5.82 Å². The molecule has 182 valence electrons. The Labute approximate surface area is 214 Å². The van der Waals surface area contributed by atoms with Crippen LogP contribution in [0.5, 0.6) is 0 Å². The molecule has 1 atom stereocenters. The van der Waals surface area contributed by atoms with Crippen LogP contribution in [0.2, 0.25) is 5.02 Å². The summed E-state index contributed by atoms with van der Waals surface area (Å²) in [6.45, 7) is 3.65. The van der Waals surface area contributed by atoms with Gasteiger partial charge in [-0.2, -0.15) is 0 Å². The molecule has 0 fully saturated rings. The zero-order valence-electron chi connectivity index (χ0n) is 19.9. The van der Waals surface area contributed by atoms with Crippen molar-refractivity contribution in [2.24, 2.45) is 0 Å². The Morgan fingerprint density at radius 1 is 0.917 bits per heavy atom. The molecule has 0 radical (unpaired) electrons. The molecule has 1 aliphatic rings. The average Bonchev–Trinajstić information content (AvgIpc) is 3.37. The van der Waals surface area contributed by atoms with Crippen LogP contribution in [0.3, 0.4) is 0 Å². The Hall–Kier alpha value is -3.90. The monoisotopic (exact) mass is 501 g/mol. The molecule has 0 spiro atoms. The number of rotatable bonds is 5. The predicted molar refractivity (Wildman–Crippen MR) is 139 cm³/mol. The van der Waals surface area contributed by atoms with Crippen molar-refractivity contribution in [3.05, 3.63) is 119 Å². The molecular weight excluding hydrogens is 477 g/mol. The van der Waals surface area contributed by atoms with Crippen molar-refractivity contribution < 1.29 is 14.0 Å². The molecule has 0 bridgehead atoms. The summed E-state index contributed by atoms with van der Waals surface area (Å²) in [6.07, 6.45) is 1.96. The van der Waals surface area contributed by atoms with E-state index in [1.54, 1.807) is 46.2 Å². The first-order valence-electron chi connectivity index (χ1n) is 11.8. The van der Waals surface area contributed by atoms with Gasteiger partial charge in [0.2, 0.25) is 5.91 Å². The molecule has 2 heterocycles. The third-order valence-electron chi connectivity index (χ3n) is 6.45. The van der Waals surface area contributed by atoms with Crippen molar-refractivity contribution in [2.45, 2.75) is 25.9 Å². The van der Waals surface area contributed by atoms with Crippen molar-refractivity contribution in [1.29, 1.82) is 0 Å². The number of fused-ring (bicyclic) bond motifs is 3. The highest BCUT2D eigenvalue weighted by atomic mass is 35.5. The van der Waals surface area contributed by atoms with Crippen molar-refractivity contribution in [2.75, 3.05) is 11.4 Å². The highest BCUT2D eigenvalue weighted by Crippen LogP contribution is 2.42. The van der Waals surface area contributed by atoms with Crippen molar-refractivity contribution in [3.63, 3.8) is 0 Å². The standard InChI is InChI=1S/C29H25ClFN3O2/c1-19(2)33(29(36)21-9-13-22(30)14-10-21)18-27(35)34-25-7-4-3-6-24(25)32-17-5-8-26(32)28(34)20-11-15-23(31)16-12-20/h3-17,19,28H,18H2,1-2H3. The summed E-state index contributed by atoms with van der Waals surface area (Å²) in [4.78, 5) is 30.7. The average molecular weight is 502 g/mol. The Bertz CT molecular complexity index is 1410. The van der Waals surface area contributed by atoms with Gasteiger partial charge in [0, 0.05) is 22.8 Å². The van der Waals surface area contributed by atoms with Gasteiger partial charge in [0.25, 0.3) is 5.91 Å². The second-order valence-electron chi connectivity index (χ2n) is 9.04. The highest BCUT2D eigenvalue weighted by molar-refractivity contribution is 6.30. The summed E-state index contributed by atoms with van der Waals surface area (Å²) >= 11 is 6.00. The molecule has 4 aromatic rings. The molecule has 0 saturated heterocycles. The zero-order valence-corrected chi connectivity index (χ0v) is 20.7. The van der Waals surface area contributed by atoms with E-state index < -0.39 is 6.04 Å². The van der Waals surface area contributed by atoms with Crippen LogP contribution in [0.4, 0.5) is 10.1 Å². The van der Waals surface area contributed by atoms with E-state index in [1.807, 2.05) is 61.0 Å². The summed E-state index contributed by atoms with van der Waals surface area (Å²) in [5.41, 5.74) is 3.71. The number of halogens is 2. The third kappa shape index (κ3) is 4.29. The Kier molecular flexibility index (Phi) is 6.37. The quantitative estimate of drug-likeness (QED) is 0.324. The molecule has 1 aliphatic heterocycles. The van der Waals surface area contributed by atoms with Gasteiger partial charge in [0.05, 0.1) is 17.1 Å². The van der Waals surface area contributed by atoms with Crippen LogP contribution in [-0.2, 0) is 4.79 Å². The molecule has 5 nitrogen and oxygen atoms in total. The third-order valence-corrected chi connectivity index (χ3v) is 6.71. The zero-order chi connectivity index (χ0) is 25.4. The second kappa shape index (κ2) is 9.63. The van der Waals surface area contributed by atoms with Gasteiger partial charge in [-0.15, -0.1) is 0 Å². The topological polar surface area (TPSA) is 45.6 Å². The lowest BCUT2D eigenvalue weighted by Gasteiger charge is -2.40. The molecule has 7 heteroatoms.